The molecule has 1 amide bonds. The minimum absolute atomic E-state index is 0.104. The number of carbonyl (C=O) groups excluding carboxylic acids is 1. The average Bonchev–Trinajstić information content (AvgIpc) is 2.54. The van der Waals surface area contributed by atoms with E-state index in [0.29, 0.717) is 16.8 Å². The van der Waals surface area contributed by atoms with Crippen LogP contribution in [0.1, 0.15) is 21.6 Å². The summed E-state index contributed by atoms with van der Waals surface area (Å²) in [7, 11) is 0. The first-order valence-electron chi connectivity index (χ1n) is 6.99. The number of aliphatic hydroxyl groups is 1. The van der Waals surface area contributed by atoms with Crippen LogP contribution in [-0.2, 0) is 6.18 Å². The van der Waals surface area contributed by atoms with Crippen LogP contribution in [0.5, 0.6) is 0 Å². The van der Waals surface area contributed by atoms with Crippen molar-refractivity contribution in [1.29, 1.82) is 0 Å². The Morgan fingerprint density at radius 1 is 1.29 bits per heavy atom. The summed E-state index contributed by atoms with van der Waals surface area (Å²) in [6, 6.07) is 5.52. The van der Waals surface area contributed by atoms with E-state index in [2.05, 4.69) is 20.6 Å². The van der Waals surface area contributed by atoms with Gasteiger partial charge in [-0.2, -0.15) is 13.2 Å². The zero-order valence-electron chi connectivity index (χ0n) is 12.7. The van der Waals surface area contributed by atoms with Gasteiger partial charge in [0.25, 0.3) is 5.91 Å². The highest BCUT2D eigenvalue weighted by Crippen LogP contribution is 2.28. The number of alkyl halides is 3. The summed E-state index contributed by atoms with van der Waals surface area (Å²) in [5, 5.41) is 13.9. The van der Waals surface area contributed by atoms with Crippen molar-refractivity contribution in [2.45, 2.75) is 13.1 Å². The normalized spacial score (nSPS) is 11.2. The van der Waals surface area contributed by atoms with E-state index in [1.54, 1.807) is 25.1 Å². The molecule has 1 aromatic carbocycles. The highest BCUT2D eigenvalue weighted by atomic mass is 19.4. The molecule has 0 radical (unpaired) electrons. The first-order valence-corrected chi connectivity index (χ1v) is 6.99. The molecule has 0 bridgehead atoms. The van der Waals surface area contributed by atoms with E-state index in [0.717, 1.165) is 12.3 Å². The van der Waals surface area contributed by atoms with E-state index in [-0.39, 0.29) is 19.1 Å². The van der Waals surface area contributed by atoms with Crippen molar-refractivity contribution in [3.8, 4) is 0 Å². The lowest BCUT2D eigenvalue weighted by Gasteiger charge is -2.13. The molecule has 0 unspecified atom stereocenters. The minimum Gasteiger partial charge on any atom is -0.395 e. The first-order chi connectivity index (χ1) is 11.3. The molecule has 1 aromatic heterocycles. The van der Waals surface area contributed by atoms with Crippen molar-refractivity contribution < 1.29 is 23.1 Å². The Labute approximate surface area is 135 Å². The molecule has 0 saturated heterocycles. The van der Waals surface area contributed by atoms with E-state index >= 15 is 0 Å². The van der Waals surface area contributed by atoms with Gasteiger partial charge in [-0.1, -0.05) is 6.07 Å². The molecule has 2 aromatic rings. The van der Waals surface area contributed by atoms with Crippen molar-refractivity contribution >= 4 is 17.5 Å². The number of halogens is 3. The predicted molar refractivity (Wildman–Crippen MR) is 80.9 cm³/mol. The van der Waals surface area contributed by atoms with Crippen LogP contribution in [0, 0.1) is 6.92 Å². The van der Waals surface area contributed by atoms with Gasteiger partial charge in [-0.3, -0.25) is 4.79 Å². The second kappa shape index (κ2) is 7.26. The number of rotatable bonds is 5. The predicted octanol–water partition coefficient (Wildman–Crippen LogP) is 2.27. The number of amides is 1. The minimum atomic E-state index is -4.57. The fourth-order valence-electron chi connectivity index (χ4n) is 1.98. The second-order valence-electron chi connectivity index (χ2n) is 4.85. The Morgan fingerprint density at radius 2 is 2.04 bits per heavy atom. The van der Waals surface area contributed by atoms with E-state index in [4.69, 9.17) is 5.11 Å². The van der Waals surface area contributed by atoms with Crippen LogP contribution in [0.2, 0.25) is 0 Å². The monoisotopic (exact) mass is 340 g/mol. The number of nitrogens with zero attached hydrogens (tertiary/aromatic N) is 2. The van der Waals surface area contributed by atoms with Gasteiger partial charge >= 0.3 is 6.18 Å². The van der Waals surface area contributed by atoms with Gasteiger partial charge in [-0.05, 0) is 30.7 Å². The second-order valence-corrected chi connectivity index (χ2v) is 4.85. The van der Waals surface area contributed by atoms with Crippen LogP contribution in [0.25, 0.3) is 0 Å². The van der Waals surface area contributed by atoms with E-state index < -0.39 is 17.8 Å². The molecular weight excluding hydrogens is 325 g/mol. The molecule has 9 heteroatoms. The van der Waals surface area contributed by atoms with Gasteiger partial charge in [0.1, 0.15) is 5.69 Å². The van der Waals surface area contributed by atoms with Gasteiger partial charge < -0.3 is 15.7 Å². The lowest BCUT2D eigenvalue weighted by molar-refractivity contribution is -0.141. The summed E-state index contributed by atoms with van der Waals surface area (Å²) in [4.78, 5) is 19.2. The molecule has 0 fully saturated rings. The maximum atomic E-state index is 12.7. The van der Waals surface area contributed by atoms with Crippen molar-refractivity contribution in [1.82, 2.24) is 15.3 Å². The summed E-state index contributed by atoms with van der Waals surface area (Å²) in [6.45, 7) is 1.55. The fourth-order valence-corrected chi connectivity index (χ4v) is 1.98. The Hall–Kier alpha value is -2.68. The molecule has 0 atom stereocenters. The highest BCUT2D eigenvalue weighted by Gasteiger charge is 2.32. The van der Waals surface area contributed by atoms with Crippen LogP contribution in [0.15, 0.2) is 30.5 Å². The lowest BCUT2D eigenvalue weighted by Crippen LogP contribution is -2.27. The van der Waals surface area contributed by atoms with E-state index in [1.165, 1.54) is 0 Å². The summed E-state index contributed by atoms with van der Waals surface area (Å²) < 4.78 is 38.0. The summed E-state index contributed by atoms with van der Waals surface area (Å²) in [5.41, 5.74) is 0.204. The van der Waals surface area contributed by atoms with E-state index in [9.17, 15) is 18.0 Å². The van der Waals surface area contributed by atoms with Crippen LogP contribution in [-0.4, -0.2) is 34.1 Å². The van der Waals surface area contributed by atoms with Crippen molar-refractivity contribution in [3.05, 3.63) is 47.3 Å². The van der Waals surface area contributed by atoms with Crippen LogP contribution < -0.4 is 10.6 Å². The maximum absolute atomic E-state index is 12.7. The first kappa shape index (κ1) is 17.7. The number of aromatic nitrogens is 2. The Balaban J connectivity index is 2.26. The van der Waals surface area contributed by atoms with Crippen molar-refractivity contribution in [3.63, 3.8) is 0 Å². The Bertz CT molecular complexity index is 735. The molecular formula is C15H15F3N4O2. The smallest absolute Gasteiger partial charge is 0.395 e. The molecule has 0 spiro atoms. The van der Waals surface area contributed by atoms with Gasteiger partial charge in [0, 0.05) is 24.0 Å². The molecule has 128 valence electrons. The number of carbonyl (C=O) groups is 1. The molecule has 0 saturated carbocycles. The van der Waals surface area contributed by atoms with Gasteiger partial charge in [0.05, 0.1) is 6.61 Å². The van der Waals surface area contributed by atoms with Crippen LogP contribution in [0.3, 0.4) is 0 Å². The number of anilines is 2. The molecule has 1 heterocycles. The van der Waals surface area contributed by atoms with Gasteiger partial charge in [0.15, 0.2) is 0 Å². The lowest BCUT2D eigenvalue weighted by atomic mass is 10.1. The highest BCUT2D eigenvalue weighted by molar-refractivity contribution is 5.97. The topological polar surface area (TPSA) is 87.1 Å². The van der Waals surface area contributed by atoms with Gasteiger partial charge in [0.2, 0.25) is 5.95 Å². The van der Waals surface area contributed by atoms with Gasteiger partial charge in [-0.25, -0.2) is 9.97 Å². The number of hydrogen-bond acceptors (Lipinski definition) is 5. The van der Waals surface area contributed by atoms with E-state index in [1.807, 2.05) is 0 Å². The number of nitrogens with one attached hydrogen (secondary N) is 2. The summed E-state index contributed by atoms with van der Waals surface area (Å²) in [5.74, 6) is -0.615. The molecule has 24 heavy (non-hydrogen) atoms. The van der Waals surface area contributed by atoms with Crippen molar-refractivity contribution in [2.24, 2.45) is 0 Å². The molecule has 3 N–H and O–H groups in total. The standard InChI is InChI=1S/C15H15F3N4O2/c1-9-10(13(24)19-7-8-23)3-2-4-11(9)21-14-20-6-5-12(22-14)15(16,17)18/h2-6,23H,7-8H2,1H3,(H,19,24)(H,20,21,22). The molecule has 2 rings (SSSR count). The molecule has 6 nitrogen and oxygen atoms in total. The fraction of sp³-hybridized carbons (Fsp3) is 0.267. The third-order valence-corrected chi connectivity index (χ3v) is 3.17. The van der Waals surface area contributed by atoms with Gasteiger partial charge in [-0.15, -0.1) is 0 Å². The Morgan fingerprint density at radius 3 is 2.71 bits per heavy atom. The molecule has 0 aliphatic heterocycles. The third kappa shape index (κ3) is 4.19. The largest absolute Gasteiger partial charge is 0.433 e. The van der Waals surface area contributed by atoms with Crippen LogP contribution in [0.4, 0.5) is 24.8 Å². The third-order valence-electron chi connectivity index (χ3n) is 3.17. The molecule has 0 aliphatic carbocycles. The van der Waals surface area contributed by atoms with Crippen molar-refractivity contribution in [2.75, 3.05) is 18.5 Å². The zero-order chi connectivity index (χ0) is 17.7. The molecule has 0 aliphatic rings. The maximum Gasteiger partial charge on any atom is 0.433 e. The zero-order valence-corrected chi connectivity index (χ0v) is 12.7. The van der Waals surface area contributed by atoms with Crippen LogP contribution >= 0.6 is 0 Å². The summed E-state index contributed by atoms with van der Waals surface area (Å²) >= 11 is 0. The SMILES string of the molecule is Cc1c(Nc2nccc(C(F)(F)F)n2)cccc1C(=O)NCCO. The quantitative estimate of drug-likeness (QED) is 0.777. The Kier molecular flexibility index (Phi) is 5.35. The summed E-state index contributed by atoms with van der Waals surface area (Å²) in [6.07, 6.45) is -3.56. The average molecular weight is 340 g/mol. The number of benzene rings is 1. The number of hydrogen-bond donors (Lipinski definition) is 3. The number of aliphatic hydroxyl groups excluding tert-OH is 1.